The first-order chi connectivity index (χ1) is 9.49. The van der Waals surface area contributed by atoms with Gasteiger partial charge < -0.3 is 19.5 Å². The first-order valence-electron chi connectivity index (χ1n) is 6.03. The average molecular weight is 283 g/mol. The maximum Gasteiger partial charge on any atom is 0.407 e. The first-order valence-corrected chi connectivity index (χ1v) is 6.03. The van der Waals surface area contributed by atoms with Gasteiger partial charge in [-0.05, 0) is 12.1 Å². The van der Waals surface area contributed by atoms with Gasteiger partial charge in [0.2, 0.25) is 0 Å². The molecule has 1 unspecified atom stereocenters. The van der Waals surface area contributed by atoms with Crippen LogP contribution in [0, 0.1) is 5.82 Å². The van der Waals surface area contributed by atoms with E-state index in [2.05, 4.69) is 4.74 Å². The highest BCUT2D eigenvalue weighted by molar-refractivity contribution is 5.89. The zero-order valence-electron chi connectivity index (χ0n) is 10.8. The Balaban J connectivity index is 2.08. The largest absolute Gasteiger partial charge is 0.488 e. The number of hydrogen-bond donors (Lipinski definition) is 1. The molecular weight excluding hydrogens is 269 g/mol. The average Bonchev–Trinajstić information content (AvgIpc) is 2.85. The molecule has 0 saturated carbocycles. The Hall–Kier alpha value is -2.31. The number of rotatable bonds is 3. The van der Waals surface area contributed by atoms with Crippen molar-refractivity contribution >= 4 is 12.1 Å². The predicted molar refractivity (Wildman–Crippen MR) is 66.4 cm³/mol. The molecule has 1 aromatic rings. The van der Waals surface area contributed by atoms with Gasteiger partial charge in [-0.1, -0.05) is 0 Å². The SMILES string of the molecule is COC(=O)c1cc(F)cc(OC2CCN(C(=O)O)C2)c1. The van der Waals surface area contributed by atoms with Crippen molar-refractivity contribution in [3.8, 4) is 5.75 Å². The smallest absolute Gasteiger partial charge is 0.407 e. The van der Waals surface area contributed by atoms with Gasteiger partial charge in [0.05, 0.1) is 19.2 Å². The van der Waals surface area contributed by atoms with E-state index >= 15 is 0 Å². The van der Waals surface area contributed by atoms with Crippen LogP contribution in [0.2, 0.25) is 0 Å². The lowest BCUT2D eigenvalue weighted by molar-refractivity contribution is 0.0599. The third kappa shape index (κ3) is 3.17. The van der Waals surface area contributed by atoms with Gasteiger partial charge >= 0.3 is 12.1 Å². The van der Waals surface area contributed by atoms with Crippen LogP contribution >= 0.6 is 0 Å². The zero-order valence-corrected chi connectivity index (χ0v) is 10.8. The summed E-state index contributed by atoms with van der Waals surface area (Å²) in [7, 11) is 1.20. The second-order valence-electron chi connectivity index (χ2n) is 4.42. The van der Waals surface area contributed by atoms with Gasteiger partial charge in [0, 0.05) is 19.0 Å². The van der Waals surface area contributed by atoms with Crippen molar-refractivity contribution in [1.29, 1.82) is 0 Å². The standard InChI is InChI=1S/C13H14FNO5/c1-19-12(16)8-4-9(14)6-11(5-8)20-10-2-3-15(7-10)13(17)18/h4-6,10H,2-3,7H2,1H3,(H,17,18). The summed E-state index contributed by atoms with van der Waals surface area (Å²) in [5.74, 6) is -1.09. The molecule has 2 rings (SSSR count). The van der Waals surface area contributed by atoms with Crippen molar-refractivity contribution in [3.05, 3.63) is 29.6 Å². The van der Waals surface area contributed by atoms with E-state index in [0.29, 0.717) is 13.0 Å². The second-order valence-corrected chi connectivity index (χ2v) is 4.42. The van der Waals surface area contributed by atoms with Crippen molar-refractivity contribution in [2.45, 2.75) is 12.5 Å². The van der Waals surface area contributed by atoms with Crippen molar-refractivity contribution < 1.29 is 28.6 Å². The summed E-state index contributed by atoms with van der Waals surface area (Å²) in [6.07, 6.45) is -0.833. The van der Waals surface area contributed by atoms with E-state index in [1.807, 2.05) is 0 Å². The Bertz CT molecular complexity index is 533. The lowest BCUT2D eigenvalue weighted by Gasteiger charge is -2.15. The third-order valence-electron chi connectivity index (χ3n) is 3.01. The van der Waals surface area contributed by atoms with Crippen LogP contribution in [0.3, 0.4) is 0 Å². The minimum absolute atomic E-state index is 0.0515. The molecular formula is C13H14FNO5. The number of nitrogens with zero attached hydrogens (tertiary/aromatic N) is 1. The molecule has 1 aliphatic rings. The fourth-order valence-corrected chi connectivity index (χ4v) is 2.06. The van der Waals surface area contributed by atoms with E-state index in [4.69, 9.17) is 9.84 Å². The molecule has 0 radical (unpaired) electrons. The number of methoxy groups -OCH3 is 1. The van der Waals surface area contributed by atoms with E-state index in [1.54, 1.807) is 0 Å². The maximum atomic E-state index is 13.4. The Morgan fingerprint density at radius 3 is 2.75 bits per heavy atom. The lowest BCUT2D eigenvalue weighted by Crippen LogP contribution is -2.29. The van der Waals surface area contributed by atoms with Gasteiger partial charge in [-0.15, -0.1) is 0 Å². The molecule has 1 aliphatic heterocycles. The van der Waals surface area contributed by atoms with Gasteiger partial charge in [-0.2, -0.15) is 0 Å². The molecule has 0 bridgehead atoms. The van der Waals surface area contributed by atoms with E-state index < -0.39 is 17.9 Å². The summed E-state index contributed by atoms with van der Waals surface area (Å²) in [4.78, 5) is 23.4. The summed E-state index contributed by atoms with van der Waals surface area (Å²) in [6, 6.07) is 3.57. The first kappa shape index (κ1) is 14.1. The van der Waals surface area contributed by atoms with Gasteiger partial charge in [-0.25, -0.2) is 14.0 Å². The number of carbonyl (C=O) groups is 2. The Labute approximate surface area is 114 Å². The number of carboxylic acid groups (broad SMARTS) is 1. The van der Waals surface area contributed by atoms with Crippen molar-refractivity contribution in [1.82, 2.24) is 4.90 Å². The maximum absolute atomic E-state index is 13.4. The van der Waals surface area contributed by atoms with Crippen LogP contribution in [0.25, 0.3) is 0 Å². The van der Waals surface area contributed by atoms with Gasteiger partial charge in [-0.3, -0.25) is 0 Å². The van der Waals surface area contributed by atoms with E-state index in [1.165, 1.54) is 18.1 Å². The number of likely N-dealkylation sites (tertiary alicyclic amines) is 1. The van der Waals surface area contributed by atoms with Crippen molar-refractivity contribution in [2.75, 3.05) is 20.2 Å². The van der Waals surface area contributed by atoms with E-state index in [0.717, 1.165) is 12.1 Å². The Kier molecular flexibility index (Phi) is 4.07. The summed E-state index contributed by atoms with van der Waals surface area (Å²) in [5.41, 5.74) is 0.0515. The minimum atomic E-state index is -1.01. The van der Waals surface area contributed by atoms with Crippen LogP contribution in [0.4, 0.5) is 9.18 Å². The highest BCUT2D eigenvalue weighted by Crippen LogP contribution is 2.21. The number of amides is 1. The van der Waals surface area contributed by atoms with Crippen LogP contribution in [-0.2, 0) is 4.74 Å². The molecule has 1 N–H and O–H groups in total. The van der Waals surface area contributed by atoms with Gasteiger partial charge in [0.1, 0.15) is 17.7 Å². The minimum Gasteiger partial charge on any atom is -0.488 e. The molecule has 1 atom stereocenters. The van der Waals surface area contributed by atoms with Crippen LogP contribution in [0.15, 0.2) is 18.2 Å². The van der Waals surface area contributed by atoms with Crippen molar-refractivity contribution in [3.63, 3.8) is 0 Å². The molecule has 108 valence electrons. The van der Waals surface area contributed by atoms with Gasteiger partial charge in [0.15, 0.2) is 0 Å². The molecule has 7 heteroatoms. The molecule has 1 fully saturated rings. The number of ether oxygens (including phenoxy) is 2. The highest BCUT2D eigenvalue weighted by Gasteiger charge is 2.27. The molecule has 0 spiro atoms. The summed E-state index contributed by atoms with van der Waals surface area (Å²) in [5, 5.41) is 8.84. The number of benzene rings is 1. The van der Waals surface area contributed by atoms with Crippen LogP contribution in [0.1, 0.15) is 16.8 Å². The van der Waals surface area contributed by atoms with Crippen molar-refractivity contribution in [2.24, 2.45) is 0 Å². The molecule has 1 saturated heterocycles. The summed E-state index contributed by atoms with van der Waals surface area (Å²) >= 11 is 0. The Morgan fingerprint density at radius 2 is 2.15 bits per heavy atom. The fraction of sp³-hybridized carbons (Fsp3) is 0.385. The third-order valence-corrected chi connectivity index (χ3v) is 3.01. The highest BCUT2D eigenvalue weighted by atomic mass is 19.1. The molecule has 1 heterocycles. The van der Waals surface area contributed by atoms with Gasteiger partial charge in [0.25, 0.3) is 0 Å². The number of carbonyl (C=O) groups excluding carboxylic acids is 1. The monoisotopic (exact) mass is 283 g/mol. The zero-order chi connectivity index (χ0) is 14.7. The predicted octanol–water partition coefficient (Wildman–Crippen LogP) is 1.74. The molecule has 1 aromatic carbocycles. The molecule has 0 aliphatic carbocycles. The van der Waals surface area contributed by atoms with Crippen LogP contribution in [0.5, 0.6) is 5.75 Å². The quantitative estimate of drug-likeness (QED) is 0.855. The number of halogens is 1. The molecule has 20 heavy (non-hydrogen) atoms. The van der Waals surface area contributed by atoms with Crippen LogP contribution < -0.4 is 4.74 Å². The number of esters is 1. The topological polar surface area (TPSA) is 76.1 Å². The van der Waals surface area contributed by atoms with Crippen LogP contribution in [-0.4, -0.2) is 48.4 Å². The second kappa shape index (κ2) is 5.77. The molecule has 6 nitrogen and oxygen atoms in total. The normalized spacial score (nSPS) is 17.9. The number of hydrogen-bond acceptors (Lipinski definition) is 4. The molecule has 1 amide bonds. The summed E-state index contributed by atoms with van der Waals surface area (Å²) in [6.45, 7) is 0.596. The molecule has 0 aromatic heterocycles. The fourth-order valence-electron chi connectivity index (χ4n) is 2.06. The van der Waals surface area contributed by atoms with E-state index in [-0.39, 0.29) is 24.0 Å². The summed E-state index contributed by atoms with van der Waals surface area (Å²) < 4.78 is 23.4. The lowest BCUT2D eigenvalue weighted by atomic mass is 10.2. The Morgan fingerprint density at radius 1 is 1.40 bits per heavy atom. The van der Waals surface area contributed by atoms with E-state index in [9.17, 15) is 14.0 Å².